The van der Waals surface area contributed by atoms with Crippen LogP contribution in [0.3, 0.4) is 0 Å². The maximum absolute atomic E-state index is 12.8. The molecule has 0 atom stereocenters. The van der Waals surface area contributed by atoms with Gasteiger partial charge >= 0.3 is 0 Å². The fraction of sp³-hybridized carbons (Fsp3) is 0.222. The molecule has 6 nitrogen and oxygen atoms in total. The molecule has 3 rings (SSSR count). The summed E-state index contributed by atoms with van der Waals surface area (Å²) in [6.07, 6.45) is 0.139. The summed E-state index contributed by atoms with van der Waals surface area (Å²) in [4.78, 5) is 12.9. The minimum atomic E-state index is -3.99. The highest BCUT2D eigenvalue weighted by Gasteiger charge is 2.26. The summed E-state index contributed by atoms with van der Waals surface area (Å²) in [7, 11) is -3.99. The van der Waals surface area contributed by atoms with E-state index in [2.05, 4.69) is 25.8 Å². The smallest absolute Gasteiger partial charge is 0.265 e. The minimum absolute atomic E-state index is 0.0218. The van der Waals surface area contributed by atoms with E-state index in [0.29, 0.717) is 10.2 Å². The number of halogens is 1. The van der Waals surface area contributed by atoms with E-state index in [1.54, 1.807) is 12.3 Å². The number of aromatic nitrogens is 1. The van der Waals surface area contributed by atoms with Gasteiger partial charge in [0.25, 0.3) is 15.9 Å². The van der Waals surface area contributed by atoms with E-state index in [9.17, 15) is 13.2 Å². The van der Waals surface area contributed by atoms with Crippen LogP contribution in [0.15, 0.2) is 43.5 Å². The van der Waals surface area contributed by atoms with Gasteiger partial charge in [0.1, 0.15) is 9.37 Å². The van der Waals surface area contributed by atoms with Crippen LogP contribution in [-0.2, 0) is 16.4 Å². The number of anilines is 1. The number of carbonyl (C=O) groups is 1. The van der Waals surface area contributed by atoms with Crippen molar-refractivity contribution in [1.29, 1.82) is 0 Å². The van der Waals surface area contributed by atoms with Crippen molar-refractivity contribution < 1.29 is 17.7 Å². The Morgan fingerprint density at radius 2 is 2.00 bits per heavy atom. The van der Waals surface area contributed by atoms with E-state index in [4.69, 9.17) is 4.52 Å². The standard InChI is InChI=1S/C18H17BrN2O4S2/c1-10-4-5-13(11(2)8-10)9-14(22)17-15(6-7-26-17)27(23,24)21-18-16(19)12(3)20-25-18/h4-8,21H,9H2,1-3H3. The van der Waals surface area contributed by atoms with Crippen LogP contribution in [0.5, 0.6) is 0 Å². The molecule has 1 aromatic carbocycles. The topological polar surface area (TPSA) is 89.3 Å². The van der Waals surface area contributed by atoms with Crippen LogP contribution in [-0.4, -0.2) is 19.4 Å². The van der Waals surface area contributed by atoms with Gasteiger partial charge in [-0.3, -0.25) is 4.79 Å². The van der Waals surface area contributed by atoms with Crippen LogP contribution in [0.4, 0.5) is 5.88 Å². The van der Waals surface area contributed by atoms with Gasteiger partial charge in [-0.15, -0.1) is 11.3 Å². The highest BCUT2D eigenvalue weighted by atomic mass is 79.9. The van der Waals surface area contributed by atoms with E-state index in [0.717, 1.165) is 28.0 Å². The lowest BCUT2D eigenvalue weighted by Crippen LogP contribution is -2.16. The van der Waals surface area contributed by atoms with Crippen molar-refractivity contribution in [3.05, 3.63) is 61.4 Å². The molecule has 3 aromatic rings. The Labute approximate surface area is 169 Å². The summed E-state index contributed by atoms with van der Waals surface area (Å²) in [5.41, 5.74) is 3.51. The molecular weight excluding hydrogens is 452 g/mol. The summed E-state index contributed by atoms with van der Waals surface area (Å²) in [6.45, 7) is 5.60. The third-order valence-corrected chi connectivity index (χ3v) is 7.43. The van der Waals surface area contributed by atoms with Crippen molar-refractivity contribution in [2.45, 2.75) is 32.1 Å². The molecule has 0 saturated heterocycles. The number of thiophene rings is 1. The lowest BCUT2D eigenvalue weighted by atomic mass is 10.0. The fourth-order valence-corrected chi connectivity index (χ4v) is 5.37. The molecule has 0 aliphatic rings. The van der Waals surface area contributed by atoms with Crippen molar-refractivity contribution in [2.75, 3.05) is 4.72 Å². The van der Waals surface area contributed by atoms with Crippen molar-refractivity contribution in [3.63, 3.8) is 0 Å². The summed E-state index contributed by atoms with van der Waals surface area (Å²) in [5.74, 6) is -0.267. The molecule has 9 heteroatoms. The lowest BCUT2D eigenvalue weighted by Gasteiger charge is -2.08. The Bertz CT molecular complexity index is 1120. The molecule has 1 N–H and O–H groups in total. The molecule has 0 unspecified atom stereocenters. The van der Waals surface area contributed by atoms with Gasteiger partial charge in [0.15, 0.2) is 5.78 Å². The Morgan fingerprint density at radius 3 is 2.63 bits per heavy atom. The predicted octanol–water partition coefficient (Wildman–Crippen LogP) is 4.65. The number of rotatable bonds is 6. The first kappa shape index (κ1) is 19.8. The third kappa shape index (κ3) is 4.15. The molecule has 0 amide bonds. The van der Waals surface area contributed by atoms with Gasteiger partial charge in [0, 0.05) is 6.42 Å². The lowest BCUT2D eigenvalue weighted by molar-refractivity contribution is 0.0994. The number of ketones is 1. The van der Waals surface area contributed by atoms with E-state index in [-0.39, 0.29) is 27.9 Å². The number of hydrogen-bond acceptors (Lipinski definition) is 6. The number of nitrogens with zero attached hydrogens (tertiary/aromatic N) is 1. The zero-order chi connectivity index (χ0) is 19.8. The maximum atomic E-state index is 12.8. The number of sulfonamides is 1. The molecule has 2 heterocycles. The second-order valence-electron chi connectivity index (χ2n) is 6.16. The number of carbonyl (C=O) groups excluding carboxylic acids is 1. The van der Waals surface area contributed by atoms with Crippen LogP contribution in [0.1, 0.15) is 32.1 Å². The average Bonchev–Trinajstić information content (AvgIpc) is 3.20. The molecule has 0 bridgehead atoms. The zero-order valence-electron chi connectivity index (χ0n) is 14.9. The van der Waals surface area contributed by atoms with E-state index < -0.39 is 10.0 Å². The molecule has 0 spiro atoms. The Hall–Kier alpha value is -1.97. The second-order valence-corrected chi connectivity index (χ2v) is 9.52. The van der Waals surface area contributed by atoms with Gasteiger partial charge in [0.05, 0.1) is 10.6 Å². The highest BCUT2D eigenvalue weighted by Crippen LogP contribution is 2.30. The van der Waals surface area contributed by atoms with E-state index >= 15 is 0 Å². The van der Waals surface area contributed by atoms with Crippen molar-refractivity contribution in [1.82, 2.24) is 5.16 Å². The zero-order valence-corrected chi connectivity index (χ0v) is 18.1. The van der Waals surface area contributed by atoms with E-state index in [1.807, 2.05) is 32.0 Å². The van der Waals surface area contributed by atoms with Gasteiger partial charge in [0.2, 0.25) is 0 Å². The Kier molecular flexibility index (Phi) is 5.55. The normalized spacial score (nSPS) is 11.6. The molecule has 27 heavy (non-hydrogen) atoms. The summed E-state index contributed by atoms with van der Waals surface area (Å²) >= 11 is 4.33. The van der Waals surface area contributed by atoms with Crippen molar-refractivity contribution >= 4 is 49.0 Å². The largest absolute Gasteiger partial charge is 0.336 e. The quantitative estimate of drug-likeness (QED) is 0.531. The Balaban J connectivity index is 1.88. The summed E-state index contributed by atoms with van der Waals surface area (Å²) in [5, 5.41) is 5.29. The first-order valence-electron chi connectivity index (χ1n) is 8.00. The van der Waals surface area contributed by atoms with Crippen LogP contribution < -0.4 is 4.72 Å². The molecular formula is C18H17BrN2O4S2. The van der Waals surface area contributed by atoms with Crippen molar-refractivity contribution in [3.8, 4) is 0 Å². The number of hydrogen-bond donors (Lipinski definition) is 1. The second kappa shape index (κ2) is 7.57. The Morgan fingerprint density at radius 1 is 1.26 bits per heavy atom. The SMILES string of the molecule is Cc1ccc(CC(=O)c2sccc2S(=O)(=O)Nc2onc(C)c2Br)c(C)c1. The van der Waals surface area contributed by atoms with Crippen molar-refractivity contribution in [2.24, 2.45) is 0 Å². The maximum Gasteiger partial charge on any atom is 0.265 e. The number of Topliss-reactive ketones (excluding diaryl/α,β-unsaturated/α-hetero) is 1. The van der Waals surface area contributed by atoms with Gasteiger partial charge in [-0.2, -0.15) is 0 Å². The predicted molar refractivity (Wildman–Crippen MR) is 108 cm³/mol. The summed E-state index contributed by atoms with van der Waals surface area (Å²) < 4.78 is 33.2. The molecule has 0 saturated carbocycles. The highest BCUT2D eigenvalue weighted by molar-refractivity contribution is 9.10. The molecule has 142 valence electrons. The number of benzene rings is 1. The average molecular weight is 469 g/mol. The van der Waals surface area contributed by atoms with Gasteiger partial charge in [-0.25, -0.2) is 13.1 Å². The van der Waals surface area contributed by atoms with Crippen LogP contribution in [0.25, 0.3) is 0 Å². The van der Waals surface area contributed by atoms with Gasteiger partial charge in [-0.1, -0.05) is 28.9 Å². The fourth-order valence-electron chi connectivity index (χ4n) is 2.61. The molecule has 0 radical (unpaired) electrons. The molecule has 0 fully saturated rings. The van der Waals surface area contributed by atoms with Gasteiger partial charge in [-0.05, 0) is 59.3 Å². The number of aryl methyl sites for hydroxylation is 3. The van der Waals surface area contributed by atoms with Crippen LogP contribution in [0.2, 0.25) is 0 Å². The number of nitrogens with one attached hydrogen (secondary N) is 1. The van der Waals surface area contributed by atoms with Crippen LogP contribution in [0, 0.1) is 20.8 Å². The molecule has 0 aliphatic carbocycles. The summed E-state index contributed by atoms with van der Waals surface area (Å²) in [6, 6.07) is 7.25. The van der Waals surface area contributed by atoms with E-state index in [1.165, 1.54) is 6.07 Å². The van der Waals surface area contributed by atoms with Gasteiger partial charge < -0.3 is 4.52 Å². The molecule has 2 aromatic heterocycles. The first-order chi connectivity index (χ1) is 12.7. The monoisotopic (exact) mass is 468 g/mol. The minimum Gasteiger partial charge on any atom is -0.336 e. The first-order valence-corrected chi connectivity index (χ1v) is 11.2. The third-order valence-electron chi connectivity index (χ3n) is 4.04. The van der Waals surface area contributed by atoms with Crippen LogP contribution >= 0.6 is 27.3 Å². The molecule has 0 aliphatic heterocycles.